The molecule has 0 aromatic carbocycles. The highest BCUT2D eigenvalue weighted by Crippen LogP contribution is 2.49. The van der Waals surface area contributed by atoms with Crippen molar-refractivity contribution in [2.24, 2.45) is 0 Å². The van der Waals surface area contributed by atoms with E-state index in [0.29, 0.717) is 12.8 Å². The van der Waals surface area contributed by atoms with Gasteiger partial charge in [0, 0.05) is 18.9 Å². The van der Waals surface area contributed by atoms with Crippen LogP contribution in [0.4, 0.5) is 0 Å². The zero-order valence-electron chi connectivity index (χ0n) is 60.5. The molecule has 3 aliphatic rings. The Kier molecular flexibility index (Phi) is 51.2. The fourth-order valence-corrected chi connectivity index (χ4v) is 13.8. The molecular weight excluding hydrogens is 1300 g/mol. The Balaban J connectivity index is 1.73. The molecule has 1 aliphatic carbocycles. The van der Waals surface area contributed by atoms with E-state index in [1.165, 1.54) is 173 Å². The van der Waals surface area contributed by atoms with E-state index in [1.807, 2.05) is 6.08 Å². The Labute approximate surface area is 592 Å². The number of carbonyl (C=O) groups is 3. The van der Waals surface area contributed by atoms with Crippen molar-refractivity contribution in [2.75, 3.05) is 26.4 Å². The van der Waals surface area contributed by atoms with E-state index in [-0.39, 0.29) is 12.8 Å². The highest BCUT2D eigenvalue weighted by molar-refractivity contribution is 7.47. The molecule has 18 atom stereocenters. The van der Waals surface area contributed by atoms with Crippen LogP contribution in [0.5, 0.6) is 0 Å². The minimum atomic E-state index is -5.70. The molecule has 0 aromatic heterocycles. The minimum absolute atomic E-state index is 0.0388. The lowest BCUT2D eigenvalue weighted by molar-refractivity contribution is -0.360. The normalized spacial score (nSPS) is 27.6. The number of allylic oxidation sites excluding steroid dienone is 3. The third kappa shape index (κ3) is 38.9. The van der Waals surface area contributed by atoms with Gasteiger partial charge in [0.2, 0.25) is 0 Å². The Morgan fingerprint density at radius 3 is 1.19 bits per heavy atom. The topological polar surface area (TPSA) is 374 Å². The summed E-state index contributed by atoms with van der Waals surface area (Å²) < 4.78 is 64.9. The second kappa shape index (κ2) is 55.9. The molecule has 0 amide bonds. The quantitative estimate of drug-likeness (QED) is 0.00673. The number of hydrogen-bond donors (Lipinski definition) is 11. The van der Waals surface area contributed by atoms with Crippen molar-refractivity contribution in [2.45, 2.75) is 401 Å². The number of hydrogen-bond acceptors (Lipinski definition) is 23. The first-order valence-corrected chi connectivity index (χ1v) is 40.2. The number of aliphatic hydroxyl groups excluding tert-OH is 10. The molecule has 2 heterocycles. The van der Waals surface area contributed by atoms with E-state index in [9.17, 15) is 74.9 Å². The lowest BCUT2D eigenvalue weighted by Gasteiger charge is -2.49. The number of rotatable bonds is 60. The zero-order valence-corrected chi connectivity index (χ0v) is 61.4. The summed E-state index contributed by atoms with van der Waals surface area (Å²) in [6, 6.07) is 0. The van der Waals surface area contributed by atoms with Crippen LogP contribution in [0, 0.1) is 0 Å². The maximum atomic E-state index is 14.3. The molecule has 0 spiro atoms. The van der Waals surface area contributed by atoms with Gasteiger partial charge in [-0.05, 0) is 25.7 Å². The fraction of sp³-hybridized carbons (Fsp3) is 0.905. The first kappa shape index (κ1) is 90.7. The predicted molar refractivity (Wildman–Crippen MR) is 374 cm³/mol. The summed E-state index contributed by atoms with van der Waals surface area (Å²) in [7, 11) is -5.70. The van der Waals surface area contributed by atoms with Crippen molar-refractivity contribution >= 4 is 25.7 Å². The van der Waals surface area contributed by atoms with Crippen LogP contribution in [0.15, 0.2) is 24.3 Å². The smallest absolute Gasteiger partial charge is 0.462 e. The molecule has 24 nitrogen and oxygen atoms in total. The Morgan fingerprint density at radius 2 is 0.778 bits per heavy atom. The average molecular weight is 1440 g/mol. The summed E-state index contributed by atoms with van der Waals surface area (Å²) in [6.45, 7) is 3.38. The van der Waals surface area contributed by atoms with Gasteiger partial charge in [0.1, 0.15) is 98.7 Å². The largest absolute Gasteiger partial charge is 0.472 e. The molecule has 0 bridgehead atoms. The molecule has 25 heteroatoms. The molecule has 1 saturated carbocycles. The molecule has 3 fully saturated rings. The number of ether oxygens (including phenoxy) is 7. The summed E-state index contributed by atoms with van der Waals surface area (Å²) in [5.74, 6) is -2.21. The van der Waals surface area contributed by atoms with Crippen LogP contribution in [0.2, 0.25) is 0 Å². The van der Waals surface area contributed by atoms with Gasteiger partial charge in [0.15, 0.2) is 18.7 Å². The summed E-state index contributed by atoms with van der Waals surface area (Å²) in [6.07, 6.45) is 17.3. The molecule has 3 rings (SSSR count). The molecule has 2 saturated heterocycles. The lowest BCUT2D eigenvalue weighted by atomic mass is 9.84. The van der Waals surface area contributed by atoms with Gasteiger partial charge in [-0.15, -0.1) is 0 Å². The maximum absolute atomic E-state index is 14.3. The third-order valence-electron chi connectivity index (χ3n) is 19.1. The van der Waals surface area contributed by atoms with E-state index in [0.717, 1.165) is 89.5 Å². The second-order valence-corrected chi connectivity index (χ2v) is 29.2. The highest BCUT2D eigenvalue weighted by Gasteiger charge is 2.58. The summed E-state index contributed by atoms with van der Waals surface area (Å²) in [4.78, 5) is 50.9. The van der Waals surface area contributed by atoms with Crippen LogP contribution < -0.4 is 0 Å². The third-order valence-corrected chi connectivity index (χ3v) is 20.1. The number of carbonyl (C=O) groups excluding carboxylic acids is 3. The SMILES string of the molecule is CCCCCCCCCCCCC/C=C/C=C/C(=O)OCC1OC(OC2C(O)C(O)C(O)C(OC3OC(CO)C(O)C(O)C3O)C2OP(=O)(O)OCC(COC(=O)CCCCCCCCCCCCCCCCCCC)OC(=O)CCCCCCCCCCCCCC)C(O)C(O)C1O. The van der Waals surface area contributed by atoms with Gasteiger partial charge in [-0.3, -0.25) is 18.6 Å². The molecular formula is C74H135O24P. The molecule has 18 unspecified atom stereocenters. The van der Waals surface area contributed by atoms with Crippen molar-refractivity contribution in [3.63, 3.8) is 0 Å². The number of esters is 3. The summed E-state index contributed by atoms with van der Waals surface area (Å²) in [5.41, 5.74) is 0. The minimum Gasteiger partial charge on any atom is -0.462 e. The van der Waals surface area contributed by atoms with E-state index >= 15 is 0 Å². The van der Waals surface area contributed by atoms with Crippen molar-refractivity contribution < 1.29 is 117 Å². The Bertz CT molecular complexity index is 2140. The van der Waals surface area contributed by atoms with Crippen molar-refractivity contribution in [3.8, 4) is 0 Å². The van der Waals surface area contributed by atoms with E-state index in [2.05, 4.69) is 20.8 Å². The van der Waals surface area contributed by atoms with Gasteiger partial charge in [0.25, 0.3) is 0 Å². The average Bonchev–Trinajstić information content (AvgIpc) is 0.762. The maximum Gasteiger partial charge on any atom is 0.472 e. The first-order valence-electron chi connectivity index (χ1n) is 38.7. The first-order chi connectivity index (χ1) is 47.8. The van der Waals surface area contributed by atoms with Crippen molar-refractivity contribution in [3.05, 3.63) is 24.3 Å². The monoisotopic (exact) mass is 1440 g/mol. The zero-order chi connectivity index (χ0) is 72.5. The molecule has 0 aromatic rings. The van der Waals surface area contributed by atoms with E-state index < -0.39 is 156 Å². The lowest BCUT2D eigenvalue weighted by Crippen LogP contribution is -2.69. The number of phosphoric ester groups is 1. The van der Waals surface area contributed by atoms with Gasteiger partial charge in [-0.1, -0.05) is 277 Å². The van der Waals surface area contributed by atoms with Crippen molar-refractivity contribution in [1.29, 1.82) is 0 Å². The van der Waals surface area contributed by atoms with Gasteiger partial charge in [-0.25, -0.2) is 9.36 Å². The van der Waals surface area contributed by atoms with Crippen molar-refractivity contribution in [1.82, 2.24) is 0 Å². The summed E-state index contributed by atoms with van der Waals surface area (Å²) >= 11 is 0. The highest BCUT2D eigenvalue weighted by atomic mass is 31.2. The van der Waals surface area contributed by atoms with Gasteiger partial charge in [-0.2, -0.15) is 0 Å². The Morgan fingerprint density at radius 1 is 0.414 bits per heavy atom. The van der Waals surface area contributed by atoms with Crippen LogP contribution in [0.1, 0.15) is 297 Å². The molecule has 2 aliphatic heterocycles. The standard InChI is InChI=1S/C74H135O24P/c1-4-7-10-13-16-19-22-25-27-28-30-32-34-36-39-42-45-48-58(76)90-52-55(93-60(78)50-47-44-41-38-33-24-21-18-15-12-9-6-3)53-92-99(88,89)98-72-70(96-73-68(86)63(81)61(79)56(51-75)94-73)66(84)65(83)67(85)71(72)97-74-69(87)64(82)62(80)57(95-74)54-91-59(77)49-46-43-40-37-35-31-29-26-23-20-17-14-11-8-5-2/h40,43,46,49,55-57,61-75,79-87H,4-39,41-42,44-45,47-48,50-54H2,1-3H3,(H,88,89)/b43-40+,49-46+. The predicted octanol–water partition coefficient (Wildman–Crippen LogP) is 10.9. The molecule has 99 heavy (non-hydrogen) atoms. The molecule has 580 valence electrons. The number of aliphatic hydroxyl groups is 10. The Hall–Kier alpha value is -2.56. The number of unbranched alkanes of at least 4 members (excludes halogenated alkanes) is 38. The molecule has 11 N–H and O–H groups in total. The molecule has 0 radical (unpaired) electrons. The van der Waals surface area contributed by atoms with Gasteiger partial charge in [0.05, 0.1) is 13.2 Å². The van der Waals surface area contributed by atoms with Crippen LogP contribution in [0.25, 0.3) is 0 Å². The van der Waals surface area contributed by atoms with E-state index in [1.54, 1.807) is 6.08 Å². The van der Waals surface area contributed by atoms with Crippen LogP contribution in [0.3, 0.4) is 0 Å². The fourth-order valence-electron chi connectivity index (χ4n) is 12.8. The van der Waals surface area contributed by atoms with Crippen LogP contribution >= 0.6 is 7.82 Å². The van der Waals surface area contributed by atoms with Crippen LogP contribution in [-0.4, -0.2) is 204 Å². The number of phosphoric acid groups is 1. The van der Waals surface area contributed by atoms with Crippen LogP contribution in [-0.2, 0) is 61.2 Å². The summed E-state index contributed by atoms with van der Waals surface area (Å²) in [5, 5.41) is 110. The van der Waals surface area contributed by atoms with E-state index in [4.69, 9.17) is 42.2 Å². The van der Waals surface area contributed by atoms with Gasteiger partial charge < -0.3 is 89.1 Å². The van der Waals surface area contributed by atoms with Gasteiger partial charge >= 0.3 is 25.7 Å². The second-order valence-electron chi connectivity index (χ2n) is 27.8.